The van der Waals surface area contributed by atoms with Crippen LogP contribution in [0.1, 0.15) is 45.7 Å². The number of carbonyl (C=O) groups is 1. The van der Waals surface area contributed by atoms with Crippen molar-refractivity contribution >= 4 is 30.1 Å². The summed E-state index contributed by atoms with van der Waals surface area (Å²) in [4.78, 5) is 11.4. The highest BCUT2D eigenvalue weighted by molar-refractivity contribution is 8.13. The maximum absolute atomic E-state index is 12.8. The maximum atomic E-state index is 12.8. The second kappa shape index (κ2) is 7.52. The summed E-state index contributed by atoms with van der Waals surface area (Å²) in [5, 5.41) is 9.91. The number of phenols is 1. The minimum absolute atomic E-state index is 0.117. The van der Waals surface area contributed by atoms with Gasteiger partial charge in [0.05, 0.1) is 16.8 Å². The molecule has 9 heteroatoms. The van der Waals surface area contributed by atoms with Crippen molar-refractivity contribution < 1.29 is 32.4 Å². The van der Waals surface area contributed by atoms with E-state index in [1.807, 2.05) is 27.7 Å². The molecule has 1 aromatic carbocycles. The number of hydrogen-bond acceptors (Lipinski definition) is 5. The Labute approximate surface area is 161 Å². The van der Waals surface area contributed by atoms with E-state index in [0.717, 1.165) is 17.8 Å². The number of carbonyl (C=O) groups excluding carboxylic acids is 1. The van der Waals surface area contributed by atoms with Gasteiger partial charge in [-0.05, 0) is 45.3 Å². The van der Waals surface area contributed by atoms with Crippen molar-refractivity contribution in [2.45, 2.75) is 52.0 Å². The zero-order valence-electron chi connectivity index (χ0n) is 15.8. The number of rotatable bonds is 4. The van der Waals surface area contributed by atoms with E-state index < -0.39 is 35.8 Å². The molecule has 0 spiro atoms. The van der Waals surface area contributed by atoms with Crippen molar-refractivity contribution in [3.63, 3.8) is 0 Å². The molecular formula is C18H22BF3O4S. The Morgan fingerprint density at radius 3 is 2.22 bits per heavy atom. The second-order valence-electron chi connectivity index (χ2n) is 7.36. The summed E-state index contributed by atoms with van der Waals surface area (Å²) in [6.07, 6.45) is -3.04. The zero-order valence-corrected chi connectivity index (χ0v) is 16.6. The number of alkyl halides is 3. The zero-order chi connectivity index (χ0) is 20.6. The third kappa shape index (κ3) is 5.09. The van der Waals surface area contributed by atoms with Gasteiger partial charge in [0, 0.05) is 18.2 Å². The SMILES string of the molecule is CC(=O)SCC(=Cc1ccc(C(F)(F)F)cc1O)B1OC(C)(C)C(C)(C)O1. The van der Waals surface area contributed by atoms with E-state index in [2.05, 4.69) is 0 Å². The molecule has 0 unspecified atom stereocenters. The van der Waals surface area contributed by atoms with Crippen molar-refractivity contribution in [1.29, 1.82) is 0 Å². The average Bonchev–Trinajstić information content (AvgIpc) is 2.71. The Balaban J connectivity index is 2.39. The first-order chi connectivity index (χ1) is 12.2. The molecule has 0 radical (unpaired) electrons. The van der Waals surface area contributed by atoms with Crippen LogP contribution >= 0.6 is 11.8 Å². The smallest absolute Gasteiger partial charge is 0.491 e. The molecule has 1 fully saturated rings. The van der Waals surface area contributed by atoms with E-state index in [4.69, 9.17) is 9.31 Å². The van der Waals surface area contributed by atoms with Crippen LogP contribution in [0.25, 0.3) is 6.08 Å². The van der Waals surface area contributed by atoms with Crippen LogP contribution in [0.15, 0.2) is 23.7 Å². The minimum atomic E-state index is -4.54. The van der Waals surface area contributed by atoms with Gasteiger partial charge in [0.2, 0.25) is 0 Å². The molecule has 1 N–H and O–H groups in total. The normalized spacial score (nSPS) is 19.4. The number of phenolic OH excluding ortho intramolecular Hbond substituents is 1. The predicted octanol–water partition coefficient (Wildman–Crippen LogP) is 4.71. The van der Waals surface area contributed by atoms with E-state index in [0.29, 0.717) is 11.5 Å². The molecule has 1 aliphatic rings. The summed E-state index contributed by atoms with van der Waals surface area (Å²) in [6.45, 7) is 8.91. The summed E-state index contributed by atoms with van der Waals surface area (Å²) in [5.41, 5.74) is -1.42. The number of benzene rings is 1. The highest BCUT2D eigenvalue weighted by Crippen LogP contribution is 2.40. The number of hydrogen-bond donors (Lipinski definition) is 1. The summed E-state index contributed by atoms with van der Waals surface area (Å²) in [5.74, 6) is -0.279. The first-order valence-electron chi connectivity index (χ1n) is 8.32. The van der Waals surface area contributed by atoms with Gasteiger partial charge in [-0.25, -0.2) is 0 Å². The first-order valence-corrected chi connectivity index (χ1v) is 9.31. The maximum Gasteiger partial charge on any atom is 0.491 e. The van der Waals surface area contributed by atoms with Crippen LogP contribution in [-0.4, -0.2) is 34.3 Å². The van der Waals surface area contributed by atoms with Crippen LogP contribution in [-0.2, 0) is 20.3 Å². The predicted molar refractivity (Wildman–Crippen MR) is 100 cm³/mol. The van der Waals surface area contributed by atoms with Gasteiger partial charge in [-0.3, -0.25) is 4.79 Å². The topological polar surface area (TPSA) is 55.8 Å². The molecule has 27 heavy (non-hydrogen) atoms. The van der Waals surface area contributed by atoms with E-state index in [-0.39, 0.29) is 16.4 Å². The largest absolute Gasteiger partial charge is 0.507 e. The molecule has 1 aromatic rings. The van der Waals surface area contributed by atoms with Gasteiger partial charge < -0.3 is 14.4 Å². The third-order valence-electron chi connectivity index (χ3n) is 4.70. The van der Waals surface area contributed by atoms with Crippen molar-refractivity contribution in [2.24, 2.45) is 0 Å². The average molecular weight is 402 g/mol. The van der Waals surface area contributed by atoms with Gasteiger partial charge in [-0.1, -0.05) is 23.9 Å². The van der Waals surface area contributed by atoms with Crippen LogP contribution < -0.4 is 0 Å². The molecule has 2 rings (SSSR count). The quantitative estimate of drug-likeness (QED) is 0.740. The lowest BCUT2D eigenvalue weighted by molar-refractivity contribution is -0.137. The molecule has 1 saturated heterocycles. The Hall–Kier alpha value is -1.45. The standard InChI is InChI=1S/C18H22BF3O4S/c1-11(23)27-10-14(19-25-16(2,3)17(4,5)26-19)8-12-6-7-13(9-15(12)24)18(20,21)22/h6-9,24H,10H2,1-5H3. The van der Waals surface area contributed by atoms with Gasteiger partial charge in [0.1, 0.15) is 5.75 Å². The molecule has 0 aliphatic carbocycles. The van der Waals surface area contributed by atoms with Crippen LogP contribution in [0.4, 0.5) is 13.2 Å². The highest BCUT2D eigenvalue weighted by Gasteiger charge is 2.52. The lowest BCUT2D eigenvalue weighted by atomic mass is 9.78. The Morgan fingerprint density at radius 1 is 1.22 bits per heavy atom. The van der Waals surface area contributed by atoms with Gasteiger partial charge in [0.15, 0.2) is 5.12 Å². The summed E-state index contributed by atoms with van der Waals surface area (Å²) in [7, 11) is -0.774. The number of aromatic hydroxyl groups is 1. The number of thioether (sulfide) groups is 1. The summed E-state index contributed by atoms with van der Waals surface area (Å²) < 4.78 is 50.3. The van der Waals surface area contributed by atoms with Gasteiger partial charge in [-0.2, -0.15) is 13.2 Å². The molecule has 0 saturated carbocycles. The van der Waals surface area contributed by atoms with Crippen LogP contribution in [0.5, 0.6) is 5.75 Å². The molecule has 0 bridgehead atoms. The molecule has 148 valence electrons. The van der Waals surface area contributed by atoms with Gasteiger partial charge in [0.25, 0.3) is 0 Å². The second-order valence-corrected chi connectivity index (χ2v) is 8.51. The fourth-order valence-electron chi connectivity index (χ4n) is 2.40. The van der Waals surface area contributed by atoms with Gasteiger partial charge in [-0.15, -0.1) is 0 Å². The molecule has 0 aromatic heterocycles. The Bertz CT molecular complexity index is 743. The fraction of sp³-hybridized carbons (Fsp3) is 0.500. The van der Waals surface area contributed by atoms with Gasteiger partial charge >= 0.3 is 13.3 Å². The molecular weight excluding hydrogens is 380 g/mol. The fourth-order valence-corrected chi connectivity index (χ4v) is 2.99. The Kier molecular flexibility index (Phi) is 6.09. The molecule has 4 nitrogen and oxygen atoms in total. The molecule has 1 aliphatic heterocycles. The van der Waals surface area contributed by atoms with Crippen LogP contribution in [0.2, 0.25) is 0 Å². The number of halogens is 3. The van der Waals surface area contributed by atoms with E-state index in [1.54, 1.807) is 0 Å². The highest BCUT2D eigenvalue weighted by atomic mass is 32.2. The monoisotopic (exact) mass is 402 g/mol. The summed E-state index contributed by atoms with van der Waals surface area (Å²) in [6, 6.07) is 2.75. The third-order valence-corrected chi connectivity index (χ3v) is 5.58. The summed E-state index contributed by atoms with van der Waals surface area (Å²) >= 11 is 1.03. The Morgan fingerprint density at radius 2 is 1.78 bits per heavy atom. The molecule has 0 atom stereocenters. The van der Waals surface area contributed by atoms with Crippen molar-refractivity contribution in [3.8, 4) is 5.75 Å². The van der Waals surface area contributed by atoms with E-state index in [9.17, 15) is 23.1 Å². The van der Waals surface area contributed by atoms with Crippen molar-refractivity contribution in [1.82, 2.24) is 0 Å². The van der Waals surface area contributed by atoms with Crippen LogP contribution in [0.3, 0.4) is 0 Å². The lowest BCUT2D eigenvalue weighted by Crippen LogP contribution is -2.41. The van der Waals surface area contributed by atoms with E-state index >= 15 is 0 Å². The minimum Gasteiger partial charge on any atom is -0.507 e. The lowest BCUT2D eigenvalue weighted by Gasteiger charge is -2.32. The van der Waals surface area contributed by atoms with Crippen molar-refractivity contribution in [2.75, 3.05) is 5.75 Å². The van der Waals surface area contributed by atoms with Crippen LogP contribution in [0, 0.1) is 0 Å². The van der Waals surface area contributed by atoms with Crippen molar-refractivity contribution in [3.05, 3.63) is 34.8 Å². The molecule has 0 amide bonds. The molecule has 1 heterocycles. The first kappa shape index (κ1) is 21.9. The van der Waals surface area contributed by atoms with E-state index in [1.165, 1.54) is 19.1 Å².